The van der Waals surface area contributed by atoms with E-state index in [1.165, 1.54) is 22.7 Å². The van der Waals surface area contributed by atoms with E-state index in [4.69, 9.17) is 0 Å². The lowest BCUT2D eigenvalue weighted by atomic mass is 10.0. The second kappa shape index (κ2) is 7.52. The van der Waals surface area contributed by atoms with Crippen LogP contribution in [0.3, 0.4) is 0 Å². The number of carbonyl (C=O) groups excluding carboxylic acids is 2. The molecule has 0 aliphatic heterocycles. The van der Waals surface area contributed by atoms with Crippen LogP contribution in [0.2, 0.25) is 0 Å². The fraction of sp³-hybridized carbons (Fsp3) is 0. The van der Waals surface area contributed by atoms with Gasteiger partial charge in [-0.25, -0.2) is 9.97 Å². The van der Waals surface area contributed by atoms with Crippen LogP contribution in [0.4, 0.5) is 0 Å². The second-order valence-electron chi connectivity index (χ2n) is 7.27. The summed E-state index contributed by atoms with van der Waals surface area (Å²) < 4.78 is 1.78. The number of Topliss-reactive ketones (excluding diaryl/α,β-unsaturated/α-hetero) is 2. The van der Waals surface area contributed by atoms with Gasteiger partial charge in [0.1, 0.15) is 10.0 Å². The Bertz CT molecular complexity index is 1540. The molecule has 6 rings (SSSR count). The third-order valence-electron chi connectivity index (χ3n) is 5.28. The fourth-order valence-corrected chi connectivity index (χ4v) is 6.46. The number of carbonyl (C=O) groups is 2. The number of nitrogens with zero attached hydrogens (tertiary/aromatic N) is 2. The van der Waals surface area contributed by atoms with Crippen LogP contribution in [0, 0.1) is 0 Å². The lowest BCUT2D eigenvalue weighted by molar-refractivity contribution is 0.0990. The van der Waals surface area contributed by atoms with Crippen molar-refractivity contribution in [1.82, 2.24) is 9.97 Å². The van der Waals surface area contributed by atoms with E-state index in [-0.39, 0.29) is 17.1 Å². The van der Waals surface area contributed by atoms with Crippen LogP contribution >= 0.6 is 54.5 Å². The first-order chi connectivity index (χ1) is 15.5. The Morgan fingerprint density at radius 2 is 1.34 bits per heavy atom. The third kappa shape index (κ3) is 3.21. The van der Waals surface area contributed by atoms with Gasteiger partial charge >= 0.3 is 0 Å². The van der Waals surface area contributed by atoms with Gasteiger partial charge in [0.15, 0.2) is 21.2 Å². The molecule has 0 saturated carbocycles. The molecule has 1 aliphatic rings. The SMILES string of the molecule is O=C1C(=Cc2nc3sc(-c4ccccc4)nc3s2)C(=O)c2cc3cc(Br)c(Br)cc3cc21. The van der Waals surface area contributed by atoms with Gasteiger partial charge in [-0.05, 0) is 73.0 Å². The van der Waals surface area contributed by atoms with Crippen molar-refractivity contribution < 1.29 is 9.59 Å². The standard InChI is InChI=1S/C24H10Br2N2O2S2/c25-17-8-12-6-14-15(7-13(12)9-18(17)26)21(30)16(20(14)29)10-19-27-23-24(31-19)28-22(32-23)11-4-2-1-3-5-11/h1-10H. The van der Waals surface area contributed by atoms with Crippen LogP contribution in [-0.4, -0.2) is 21.5 Å². The maximum absolute atomic E-state index is 13.1. The van der Waals surface area contributed by atoms with E-state index in [1.54, 1.807) is 18.2 Å². The molecule has 0 saturated heterocycles. The molecule has 3 aromatic carbocycles. The van der Waals surface area contributed by atoms with E-state index in [9.17, 15) is 9.59 Å². The Morgan fingerprint density at radius 3 is 1.94 bits per heavy atom. The predicted octanol–water partition coefficient (Wildman–Crippen LogP) is 7.56. The molecule has 0 atom stereocenters. The third-order valence-corrected chi connectivity index (χ3v) is 9.14. The number of rotatable bonds is 2. The highest BCUT2D eigenvalue weighted by Gasteiger charge is 2.34. The van der Waals surface area contributed by atoms with Gasteiger partial charge in [0.05, 0.1) is 5.57 Å². The molecule has 0 radical (unpaired) electrons. The molecule has 2 aromatic heterocycles. The van der Waals surface area contributed by atoms with Gasteiger partial charge in [-0.2, -0.15) is 0 Å². The van der Waals surface area contributed by atoms with E-state index in [1.807, 2.05) is 42.5 Å². The van der Waals surface area contributed by atoms with E-state index in [2.05, 4.69) is 41.8 Å². The molecule has 154 valence electrons. The van der Waals surface area contributed by atoms with Crippen molar-refractivity contribution in [3.05, 3.63) is 85.3 Å². The minimum absolute atomic E-state index is 0.151. The number of benzene rings is 3. The molecule has 0 amide bonds. The molecule has 4 nitrogen and oxygen atoms in total. The largest absolute Gasteiger partial charge is 0.288 e. The van der Waals surface area contributed by atoms with Crippen molar-refractivity contribution >= 4 is 92.6 Å². The smallest absolute Gasteiger partial charge is 0.197 e. The monoisotopic (exact) mass is 580 g/mol. The average Bonchev–Trinajstić information content (AvgIpc) is 3.42. The van der Waals surface area contributed by atoms with Crippen LogP contribution in [-0.2, 0) is 0 Å². The second-order valence-corrected chi connectivity index (χ2v) is 11.0. The van der Waals surface area contributed by atoms with Crippen molar-refractivity contribution in [3.8, 4) is 10.6 Å². The molecular formula is C24H10Br2N2O2S2. The van der Waals surface area contributed by atoms with Crippen molar-refractivity contribution in [1.29, 1.82) is 0 Å². The zero-order valence-electron chi connectivity index (χ0n) is 16.1. The quantitative estimate of drug-likeness (QED) is 0.159. The summed E-state index contributed by atoms with van der Waals surface area (Å²) in [5.74, 6) is -0.523. The minimum Gasteiger partial charge on any atom is -0.288 e. The van der Waals surface area contributed by atoms with Gasteiger partial charge < -0.3 is 0 Å². The lowest BCUT2D eigenvalue weighted by Crippen LogP contribution is -1.99. The van der Waals surface area contributed by atoms with Gasteiger partial charge in [0.25, 0.3) is 0 Å². The van der Waals surface area contributed by atoms with Crippen LogP contribution in [0.15, 0.2) is 69.1 Å². The summed E-state index contributed by atoms with van der Waals surface area (Å²) in [5.41, 5.74) is 2.07. The van der Waals surface area contributed by atoms with Crippen molar-refractivity contribution in [2.75, 3.05) is 0 Å². The summed E-state index contributed by atoms with van der Waals surface area (Å²) in [6.07, 6.45) is 1.60. The summed E-state index contributed by atoms with van der Waals surface area (Å²) in [6.45, 7) is 0. The van der Waals surface area contributed by atoms with E-state index >= 15 is 0 Å². The van der Waals surface area contributed by atoms with Crippen LogP contribution in [0.25, 0.3) is 37.1 Å². The zero-order chi connectivity index (χ0) is 22.0. The Balaban J connectivity index is 1.39. The first-order valence-corrected chi connectivity index (χ1v) is 12.8. The van der Waals surface area contributed by atoms with E-state index < -0.39 is 0 Å². The van der Waals surface area contributed by atoms with Gasteiger partial charge in [0.2, 0.25) is 0 Å². The fourth-order valence-electron chi connectivity index (χ4n) is 3.74. The molecule has 0 unspecified atom stereocenters. The molecule has 8 heteroatoms. The Kier molecular flexibility index (Phi) is 4.73. The molecule has 0 N–H and O–H groups in total. The van der Waals surface area contributed by atoms with Gasteiger partial charge in [-0.3, -0.25) is 9.59 Å². The molecule has 5 aromatic rings. The molecule has 32 heavy (non-hydrogen) atoms. The number of thiazole rings is 2. The zero-order valence-corrected chi connectivity index (χ0v) is 20.9. The summed E-state index contributed by atoms with van der Waals surface area (Å²) in [7, 11) is 0. The summed E-state index contributed by atoms with van der Waals surface area (Å²) in [4.78, 5) is 37.0. The first-order valence-electron chi connectivity index (χ1n) is 9.54. The van der Waals surface area contributed by atoms with Crippen molar-refractivity contribution in [3.63, 3.8) is 0 Å². The Labute approximate surface area is 206 Å². The van der Waals surface area contributed by atoms with Crippen LogP contribution in [0.1, 0.15) is 25.7 Å². The molecule has 0 fully saturated rings. The normalized spacial score (nSPS) is 13.4. The molecular weight excluding hydrogens is 572 g/mol. The van der Waals surface area contributed by atoms with E-state index in [0.717, 1.165) is 39.9 Å². The minimum atomic E-state index is -0.262. The Morgan fingerprint density at radius 1 is 0.750 bits per heavy atom. The van der Waals surface area contributed by atoms with Gasteiger partial charge in [0, 0.05) is 25.6 Å². The number of ketones is 2. The molecule has 0 spiro atoms. The first kappa shape index (κ1) is 20.1. The van der Waals surface area contributed by atoms with Gasteiger partial charge in [-0.15, -0.1) is 0 Å². The highest BCUT2D eigenvalue weighted by molar-refractivity contribution is 9.13. The van der Waals surface area contributed by atoms with Crippen molar-refractivity contribution in [2.45, 2.75) is 0 Å². The van der Waals surface area contributed by atoms with Crippen LogP contribution < -0.4 is 0 Å². The number of allylic oxidation sites excluding steroid dienone is 1. The predicted molar refractivity (Wildman–Crippen MR) is 137 cm³/mol. The molecule has 1 aliphatic carbocycles. The number of fused-ring (bicyclic) bond motifs is 3. The Hall–Kier alpha value is -2.52. The lowest BCUT2D eigenvalue weighted by Gasteiger charge is -2.04. The maximum Gasteiger partial charge on any atom is 0.197 e. The topological polar surface area (TPSA) is 59.9 Å². The average molecular weight is 582 g/mol. The highest BCUT2D eigenvalue weighted by Crippen LogP contribution is 2.37. The number of hydrogen-bond acceptors (Lipinski definition) is 6. The van der Waals surface area contributed by atoms with E-state index in [0.29, 0.717) is 16.1 Å². The number of hydrogen-bond donors (Lipinski definition) is 0. The summed E-state index contributed by atoms with van der Waals surface area (Å²) in [6, 6.07) is 17.4. The molecule has 0 bridgehead atoms. The highest BCUT2D eigenvalue weighted by atomic mass is 79.9. The van der Waals surface area contributed by atoms with Gasteiger partial charge in [-0.1, -0.05) is 53.0 Å². The van der Waals surface area contributed by atoms with Crippen molar-refractivity contribution in [2.24, 2.45) is 0 Å². The summed E-state index contributed by atoms with van der Waals surface area (Å²) >= 11 is 9.87. The number of halogens is 2. The maximum atomic E-state index is 13.1. The van der Waals surface area contributed by atoms with Crippen LogP contribution in [0.5, 0.6) is 0 Å². The summed E-state index contributed by atoms with van der Waals surface area (Å²) in [5, 5.41) is 3.31. The number of aromatic nitrogens is 2. The molecule has 2 heterocycles.